The standard InChI is InChI=1S/C20H20ClN3O5/c21-14-9-12(10-16-19(14)29-8-7-28-16)11-18(26)24-15-4-2-1-3-13(15)20(27)23-6-5-17(22)25/h1-4,9-10H,5-8,11H2,(H2,22,25)(H,23,27)(H,24,26). The van der Waals surface area contributed by atoms with E-state index in [1.807, 2.05) is 0 Å². The molecule has 1 aliphatic rings. The Labute approximate surface area is 172 Å². The highest BCUT2D eigenvalue weighted by atomic mass is 35.5. The van der Waals surface area contributed by atoms with Crippen molar-refractivity contribution in [3.8, 4) is 11.5 Å². The average molecular weight is 418 g/mol. The summed E-state index contributed by atoms with van der Waals surface area (Å²) in [5.41, 5.74) is 6.36. The largest absolute Gasteiger partial charge is 0.486 e. The molecule has 0 saturated heterocycles. The number of carbonyl (C=O) groups is 3. The number of anilines is 1. The summed E-state index contributed by atoms with van der Waals surface area (Å²) in [5.74, 6) is -0.273. The molecule has 0 spiro atoms. The van der Waals surface area contributed by atoms with Crippen LogP contribution in [0.5, 0.6) is 11.5 Å². The van der Waals surface area contributed by atoms with Gasteiger partial charge < -0.3 is 25.8 Å². The first-order valence-corrected chi connectivity index (χ1v) is 9.35. The van der Waals surface area contributed by atoms with E-state index >= 15 is 0 Å². The summed E-state index contributed by atoms with van der Waals surface area (Å²) < 4.78 is 11.0. The van der Waals surface area contributed by atoms with Crippen LogP contribution in [0.1, 0.15) is 22.3 Å². The number of fused-ring (bicyclic) bond motifs is 1. The van der Waals surface area contributed by atoms with Gasteiger partial charge >= 0.3 is 0 Å². The second kappa shape index (κ2) is 9.29. The van der Waals surface area contributed by atoms with E-state index in [2.05, 4.69) is 10.6 Å². The van der Waals surface area contributed by atoms with Crippen molar-refractivity contribution < 1.29 is 23.9 Å². The van der Waals surface area contributed by atoms with Crippen molar-refractivity contribution >= 4 is 35.0 Å². The van der Waals surface area contributed by atoms with Crippen molar-refractivity contribution in [2.75, 3.05) is 25.1 Å². The van der Waals surface area contributed by atoms with Gasteiger partial charge in [-0.05, 0) is 29.8 Å². The summed E-state index contributed by atoms with van der Waals surface area (Å²) in [6.45, 7) is 0.953. The average Bonchev–Trinajstić information content (AvgIpc) is 2.68. The molecular weight excluding hydrogens is 398 g/mol. The molecule has 1 aliphatic heterocycles. The zero-order valence-electron chi connectivity index (χ0n) is 15.5. The van der Waals surface area contributed by atoms with Gasteiger partial charge in [0.2, 0.25) is 11.8 Å². The second-order valence-corrected chi connectivity index (χ2v) is 6.75. The Bertz CT molecular complexity index is 948. The van der Waals surface area contributed by atoms with Crippen LogP contribution in [-0.4, -0.2) is 37.5 Å². The van der Waals surface area contributed by atoms with Crippen LogP contribution in [0.4, 0.5) is 5.69 Å². The molecule has 3 amide bonds. The molecule has 2 aromatic rings. The minimum absolute atomic E-state index is 0.0329. The number of primary amides is 1. The van der Waals surface area contributed by atoms with Gasteiger partial charge in [0.1, 0.15) is 13.2 Å². The van der Waals surface area contributed by atoms with E-state index < -0.39 is 11.8 Å². The number of ether oxygens (including phenoxy) is 2. The third kappa shape index (κ3) is 5.39. The molecule has 4 N–H and O–H groups in total. The lowest BCUT2D eigenvalue weighted by Gasteiger charge is -2.20. The maximum Gasteiger partial charge on any atom is 0.253 e. The fraction of sp³-hybridized carbons (Fsp3) is 0.250. The highest BCUT2D eigenvalue weighted by molar-refractivity contribution is 6.32. The maximum atomic E-state index is 12.5. The van der Waals surface area contributed by atoms with Gasteiger partial charge in [0.15, 0.2) is 11.5 Å². The smallest absolute Gasteiger partial charge is 0.253 e. The van der Waals surface area contributed by atoms with Gasteiger partial charge in [0.05, 0.1) is 22.7 Å². The quantitative estimate of drug-likeness (QED) is 0.635. The van der Waals surface area contributed by atoms with Crippen LogP contribution >= 0.6 is 11.6 Å². The van der Waals surface area contributed by atoms with E-state index in [9.17, 15) is 14.4 Å². The number of hydrogen-bond acceptors (Lipinski definition) is 5. The Morgan fingerprint density at radius 2 is 1.86 bits per heavy atom. The molecule has 3 rings (SSSR count). The minimum atomic E-state index is -0.509. The number of hydrogen-bond donors (Lipinski definition) is 3. The molecule has 152 valence electrons. The summed E-state index contributed by atoms with van der Waals surface area (Å²) in [6, 6.07) is 9.95. The predicted octanol–water partition coefficient (Wildman–Crippen LogP) is 1.90. The number of rotatable bonds is 7. The molecule has 2 aromatic carbocycles. The molecule has 9 heteroatoms. The molecular formula is C20H20ClN3O5. The van der Waals surface area contributed by atoms with Gasteiger partial charge in [-0.3, -0.25) is 14.4 Å². The number of carbonyl (C=O) groups excluding carboxylic acids is 3. The van der Waals surface area contributed by atoms with Crippen molar-refractivity contribution in [3.05, 3.63) is 52.5 Å². The third-order valence-corrected chi connectivity index (χ3v) is 4.40. The number of amides is 3. The van der Waals surface area contributed by atoms with E-state index in [0.29, 0.717) is 41.0 Å². The zero-order chi connectivity index (χ0) is 20.8. The number of halogens is 1. The van der Waals surface area contributed by atoms with Crippen LogP contribution in [0, 0.1) is 0 Å². The molecule has 0 aromatic heterocycles. The van der Waals surface area contributed by atoms with E-state index in [1.165, 1.54) is 0 Å². The van der Waals surface area contributed by atoms with Crippen LogP contribution in [0.25, 0.3) is 0 Å². The van der Waals surface area contributed by atoms with Gasteiger partial charge in [-0.15, -0.1) is 0 Å². The number of benzene rings is 2. The lowest BCUT2D eigenvalue weighted by molar-refractivity contribution is -0.118. The van der Waals surface area contributed by atoms with Crippen molar-refractivity contribution in [1.82, 2.24) is 5.32 Å². The summed E-state index contributed by atoms with van der Waals surface area (Å²) in [4.78, 5) is 35.7. The van der Waals surface area contributed by atoms with Crippen molar-refractivity contribution in [2.24, 2.45) is 5.73 Å². The predicted molar refractivity (Wildman–Crippen MR) is 107 cm³/mol. The Kier molecular flexibility index (Phi) is 6.56. The monoisotopic (exact) mass is 417 g/mol. The summed E-state index contributed by atoms with van der Waals surface area (Å²) in [6.07, 6.45) is 0.0686. The van der Waals surface area contributed by atoms with Gasteiger partial charge in [0.25, 0.3) is 5.91 Å². The van der Waals surface area contributed by atoms with E-state index in [0.717, 1.165) is 0 Å². The second-order valence-electron chi connectivity index (χ2n) is 6.34. The van der Waals surface area contributed by atoms with E-state index in [-0.39, 0.29) is 30.9 Å². The van der Waals surface area contributed by atoms with Crippen LogP contribution in [0.2, 0.25) is 5.02 Å². The highest BCUT2D eigenvalue weighted by Crippen LogP contribution is 2.38. The van der Waals surface area contributed by atoms with Crippen LogP contribution in [0.3, 0.4) is 0 Å². The van der Waals surface area contributed by atoms with E-state index in [4.69, 9.17) is 26.8 Å². The molecule has 0 fully saturated rings. The molecule has 0 aliphatic carbocycles. The summed E-state index contributed by atoms with van der Waals surface area (Å²) >= 11 is 6.21. The number of nitrogens with two attached hydrogens (primary N) is 1. The Morgan fingerprint density at radius 1 is 1.10 bits per heavy atom. The Balaban J connectivity index is 1.67. The van der Waals surface area contributed by atoms with Crippen LogP contribution in [-0.2, 0) is 16.0 Å². The first-order valence-electron chi connectivity index (χ1n) is 8.97. The molecule has 0 radical (unpaired) electrons. The Morgan fingerprint density at radius 3 is 2.66 bits per heavy atom. The topological polar surface area (TPSA) is 120 Å². The molecule has 0 unspecified atom stereocenters. The minimum Gasteiger partial charge on any atom is -0.486 e. The van der Waals surface area contributed by atoms with E-state index in [1.54, 1.807) is 36.4 Å². The Hall–Kier alpha value is -3.26. The fourth-order valence-electron chi connectivity index (χ4n) is 2.83. The van der Waals surface area contributed by atoms with Crippen molar-refractivity contribution in [2.45, 2.75) is 12.8 Å². The lowest BCUT2D eigenvalue weighted by Crippen LogP contribution is -2.29. The molecule has 8 nitrogen and oxygen atoms in total. The van der Waals surface area contributed by atoms with Crippen molar-refractivity contribution in [1.29, 1.82) is 0 Å². The maximum absolute atomic E-state index is 12.5. The van der Waals surface area contributed by atoms with Crippen molar-refractivity contribution in [3.63, 3.8) is 0 Å². The zero-order valence-corrected chi connectivity index (χ0v) is 16.3. The third-order valence-electron chi connectivity index (χ3n) is 4.12. The molecule has 0 atom stereocenters. The number of nitrogens with one attached hydrogen (secondary N) is 2. The van der Waals surface area contributed by atoms with Gasteiger partial charge in [0, 0.05) is 13.0 Å². The summed E-state index contributed by atoms with van der Waals surface area (Å²) in [7, 11) is 0. The van der Waals surface area contributed by atoms with Gasteiger partial charge in [-0.1, -0.05) is 23.7 Å². The summed E-state index contributed by atoms with van der Waals surface area (Å²) in [5, 5.41) is 5.70. The lowest BCUT2D eigenvalue weighted by atomic mass is 10.1. The highest BCUT2D eigenvalue weighted by Gasteiger charge is 2.18. The molecule has 29 heavy (non-hydrogen) atoms. The SMILES string of the molecule is NC(=O)CCNC(=O)c1ccccc1NC(=O)Cc1cc(Cl)c2c(c1)OCCO2. The molecule has 1 heterocycles. The molecule has 0 bridgehead atoms. The number of para-hydroxylation sites is 1. The fourth-order valence-corrected chi connectivity index (χ4v) is 3.12. The molecule has 0 saturated carbocycles. The van der Waals surface area contributed by atoms with Crippen LogP contribution < -0.4 is 25.8 Å². The van der Waals surface area contributed by atoms with Gasteiger partial charge in [-0.25, -0.2) is 0 Å². The normalized spacial score (nSPS) is 12.2. The van der Waals surface area contributed by atoms with Gasteiger partial charge in [-0.2, -0.15) is 0 Å². The van der Waals surface area contributed by atoms with Crippen LogP contribution in [0.15, 0.2) is 36.4 Å². The first kappa shape index (κ1) is 20.5. The first-order chi connectivity index (χ1) is 13.9.